The minimum absolute atomic E-state index is 0.0762. The van der Waals surface area contributed by atoms with Gasteiger partial charge < -0.3 is 23.1 Å². The van der Waals surface area contributed by atoms with E-state index in [1.54, 1.807) is 0 Å². The monoisotopic (exact) mass is 478 g/mol. The highest BCUT2D eigenvalue weighted by Gasteiger charge is 2.39. The molecule has 0 spiro atoms. The van der Waals surface area contributed by atoms with Crippen LogP contribution in [-0.2, 0) is 23.1 Å². The maximum Gasteiger partial charge on any atom is 0.192 e. The summed E-state index contributed by atoms with van der Waals surface area (Å²) in [4.78, 5) is 0. The molecule has 0 aromatic heterocycles. The van der Waals surface area contributed by atoms with Crippen LogP contribution in [0.1, 0.15) is 68.2 Å². The zero-order chi connectivity index (χ0) is 24.3. The van der Waals surface area contributed by atoms with Crippen LogP contribution in [-0.4, -0.2) is 68.5 Å². The molecule has 0 radical (unpaired) electrons. The highest BCUT2D eigenvalue weighted by Crippen LogP contribution is 2.38. The zero-order valence-electron chi connectivity index (χ0n) is 22.9. The van der Waals surface area contributed by atoms with E-state index in [-0.39, 0.29) is 16.2 Å². The number of hydrogen-bond donors (Lipinski definition) is 0. The van der Waals surface area contributed by atoms with Gasteiger partial charge in [0.05, 0.1) is 45.7 Å². The summed E-state index contributed by atoms with van der Waals surface area (Å²) >= 11 is 0. The minimum Gasteiger partial charge on any atom is -0.414 e. The Morgan fingerprint density at radius 1 is 0.581 bits per heavy atom. The number of rotatable bonds is 16. The molecule has 0 aliphatic heterocycles. The van der Waals surface area contributed by atoms with Crippen LogP contribution in [0.5, 0.6) is 0 Å². The first-order chi connectivity index (χ1) is 14.1. The molecule has 0 saturated carbocycles. The molecule has 0 bridgehead atoms. The van der Waals surface area contributed by atoms with Gasteiger partial charge in [0, 0.05) is 0 Å². The molecule has 0 aliphatic rings. The average molecular weight is 479 g/mol. The zero-order valence-corrected chi connectivity index (χ0v) is 24.9. The molecular formula is C24H54O5Si2. The predicted molar refractivity (Wildman–Crippen MR) is 137 cm³/mol. The van der Waals surface area contributed by atoms with E-state index < -0.39 is 16.6 Å². The first-order valence-electron chi connectivity index (χ1n) is 12.2. The SMILES string of the molecule is CCC(CC)OCCOCCOC(CO[Si](C)(C)C(C)(C)C)CO[Si](C)(C)C(C)(C)C. The lowest BCUT2D eigenvalue weighted by atomic mass is 10.2. The van der Waals surface area contributed by atoms with E-state index in [0.717, 1.165) is 12.8 Å². The summed E-state index contributed by atoms with van der Waals surface area (Å²) in [5.41, 5.74) is 0. The minimum atomic E-state index is -1.83. The Hall–Kier alpha value is 0.234. The molecule has 0 saturated heterocycles. The van der Waals surface area contributed by atoms with Crippen LogP contribution in [0.25, 0.3) is 0 Å². The molecule has 0 amide bonds. The first kappa shape index (κ1) is 31.2. The van der Waals surface area contributed by atoms with Gasteiger partial charge in [0.25, 0.3) is 0 Å². The lowest BCUT2D eigenvalue weighted by molar-refractivity contribution is -0.0493. The molecule has 5 nitrogen and oxygen atoms in total. The lowest BCUT2D eigenvalue weighted by Gasteiger charge is -2.39. The molecule has 0 rings (SSSR count). The van der Waals surface area contributed by atoms with Crippen LogP contribution < -0.4 is 0 Å². The largest absolute Gasteiger partial charge is 0.414 e. The van der Waals surface area contributed by atoms with Crippen LogP contribution in [0.3, 0.4) is 0 Å². The molecule has 7 heteroatoms. The van der Waals surface area contributed by atoms with Crippen LogP contribution >= 0.6 is 0 Å². The Bertz CT molecular complexity index is 436. The van der Waals surface area contributed by atoms with Crippen LogP contribution in [0.4, 0.5) is 0 Å². The standard InChI is InChI=1S/C24H54O5Si2/c1-13-21(14-2)26-17-15-25-16-18-27-22(19-28-30(9,10)23(3,4)5)20-29-31(11,12)24(6,7)8/h21-22H,13-20H2,1-12H3. The summed E-state index contributed by atoms with van der Waals surface area (Å²) < 4.78 is 30.5. The molecule has 0 fully saturated rings. The third-order valence-corrected chi connectivity index (χ3v) is 15.9. The van der Waals surface area contributed by atoms with Crippen LogP contribution in [0.15, 0.2) is 0 Å². The van der Waals surface area contributed by atoms with Gasteiger partial charge in [-0.1, -0.05) is 55.4 Å². The van der Waals surface area contributed by atoms with Gasteiger partial charge in [-0.05, 0) is 49.1 Å². The topological polar surface area (TPSA) is 46.2 Å². The van der Waals surface area contributed by atoms with Crippen molar-refractivity contribution in [1.29, 1.82) is 0 Å². The van der Waals surface area contributed by atoms with Gasteiger partial charge >= 0.3 is 0 Å². The Balaban J connectivity index is 4.61. The van der Waals surface area contributed by atoms with Gasteiger partial charge in [0.2, 0.25) is 0 Å². The molecule has 0 aromatic carbocycles. The third kappa shape index (κ3) is 12.3. The maximum atomic E-state index is 6.44. The second-order valence-corrected chi connectivity index (χ2v) is 21.2. The van der Waals surface area contributed by atoms with Crippen molar-refractivity contribution in [3.05, 3.63) is 0 Å². The molecule has 0 aromatic rings. The summed E-state index contributed by atoms with van der Waals surface area (Å²) in [6.07, 6.45) is 2.35. The highest BCUT2D eigenvalue weighted by atomic mass is 28.4. The van der Waals surface area contributed by atoms with Gasteiger partial charge in [-0.15, -0.1) is 0 Å². The highest BCUT2D eigenvalue weighted by molar-refractivity contribution is 6.74. The number of hydrogen-bond acceptors (Lipinski definition) is 5. The summed E-state index contributed by atoms with van der Waals surface area (Å²) in [6.45, 7) is 30.5. The van der Waals surface area contributed by atoms with Gasteiger partial charge in [0.1, 0.15) is 6.10 Å². The Morgan fingerprint density at radius 2 is 0.935 bits per heavy atom. The Morgan fingerprint density at radius 3 is 1.26 bits per heavy atom. The van der Waals surface area contributed by atoms with Crippen molar-refractivity contribution in [3.8, 4) is 0 Å². The van der Waals surface area contributed by atoms with Gasteiger partial charge in [-0.2, -0.15) is 0 Å². The van der Waals surface area contributed by atoms with Crippen molar-refractivity contribution in [2.45, 2.75) is 117 Å². The van der Waals surface area contributed by atoms with Crippen molar-refractivity contribution in [1.82, 2.24) is 0 Å². The van der Waals surface area contributed by atoms with E-state index in [4.69, 9.17) is 23.1 Å². The quantitative estimate of drug-likeness (QED) is 0.184. The Labute approximate surface area is 196 Å². The third-order valence-electron chi connectivity index (χ3n) is 6.95. The lowest BCUT2D eigenvalue weighted by Crippen LogP contribution is -2.46. The van der Waals surface area contributed by atoms with Crippen molar-refractivity contribution in [2.75, 3.05) is 39.6 Å². The van der Waals surface area contributed by atoms with Gasteiger partial charge in [0.15, 0.2) is 16.6 Å². The predicted octanol–water partition coefficient (Wildman–Crippen LogP) is 6.64. The summed E-state index contributed by atoms with van der Waals surface area (Å²) in [7, 11) is -3.67. The van der Waals surface area contributed by atoms with E-state index in [1.807, 2.05) is 0 Å². The average Bonchev–Trinajstić information content (AvgIpc) is 2.63. The van der Waals surface area contributed by atoms with Crippen LogP contribution in [0.2, 0.25) is 36.3 Å². The van der Waals surface area contributed by atoms with Crippen molar-refractivity contribution >= 4 is 16.6 Å². The van der Waals surface area contributed by atoms with E-state index in [0.29, 0.717) is 45.7 Å². The smallest absolute Gasteiger partial charge is 0.192 e. The summed E-state index contributed by atoms with van der Waals surface area (Å²) in [5, 5.41) is 0.353. The molecule has 0 heterocycles. The maximum absolute atomic E-state index is 6.44. The second-order valence-electron chi connectivity index (χ2n) is 11.6. The molecular weight excluding hydrogens is 424 g/mol. The molecule has 0 aliphatic carbocycles. The van der Waals surface area contributed by atoms with Crippen molar-refractivity contribution in [3.63, 3.8) is 0 Å². The number of ether oxygens (including phenoxy) is 3. The van der Waals surface area contributed by atoms with Gasteiger partial charge in [-0.3, -0.25) is 0 Å². The molecule has 0 N–H and O–H groups in total. The van der Waals surface area contributed by atoms with Crippen molar-refractivity contribution in [2.24, 2.45) is 0 Å². The normalized spacial score (nSPS) is 14.1. The van der Waals surface area contributed by atoms with E-state index in [9.17, 15) is 0 Å². The fourth-order valence-electron chi connectivity index (χ4n) is 2.35. The van der Waals surface area contributed by atoms with E-state index in [2.05, 4.69) is 81.6 Å². The Kier molecular flexibility index (Phi) is 13.9. The van der Waals surface area contributed by atoms with E-state index >= 15 is 0 Å². The van der Waals surface area contributed by atoms with Crippen LogP contribution in [0, 0.1) is 0 Å². The van der Waals surface area contributed by atoms with E-state index in [1.165, 1.54) is 0 Å². The first-order valence-corrected chi connectivity index (χ1v) is 18.0. The second kappa shape index (κ2) is 13.8. The fraction of sp³-hybridized carbons (Fsp3) is 1.00. The molecule has 31 heavy (non-hydrogen) atoms. The molecule has 188 valence electrons. The summed E-state index contributed by atoms with van der Waals surface area (Å²) in [6, 6.07) is 0. The van der Waals surface area contributed by atoms with Crippen molar-refractivity contribution < 1.29 is 23.1 Å². The molecule has 0 unspecified atom stereocenters. The molecule has 0 atom stereocenters. The fourth-order valence-corrected chi connectivity index (χ4v) is 4.42. The van der Waals surface area contributed by atoms with Gasteiger partial charge in [-0.25, -0.2) is 0 Å². The summed E-state index contributed by atoms with van der Waals surface area (Å²) in [5.74, 6) is 0.